The van der Waals surface area contributed by atoms with Crippen molar-refractivity contribution in [3.8, 4) is 11.5 Å². The topological polar surface area (TPSA) is 27.7 Å². The minimum absolute atomic E-state index is 0.313. The van der Waals surface area contributed by atoms with Crippen LogP contribution in [0.15, 0.2) is 24.5 Å². The van der Waals surface area contributed by atoms with E-state index in [1.807, 2.05) is 31.2 Å². The molecule has 0 bridgehead atoms. The Balaban J connectivity index is 2.12. The molecule has 0 aromatic heterocycles. The molecule has 1 heterocycles. The number of ether oxygens (including phenoxy) is 3. The number of fused-ring (bicyclic) bond motifs is 1. The first-order valence-electron chi connectivity index (χ1n) is 4.58. The Morgan fingerprint density at radius 3 is 3.07 bits per heavy atom. The van der Waals surface area contributed by atoms with Crippen LogP contribution >= 0.6 is 0 Å². The molecule has 14 heavy (non-hydrogen) atoms. The van der Waals surface area contributed by atoms with Crippen molar-refractivity contribution >= 4 is 6.08 Å². The van der Waals surface area contributed by atoms with Gasteiger partial charge in [0.2, 0.25) is 6.79 Å². The van der Waals surface area contributed by atoms with Gasteiger partial charge in [-0.15, -0.1) is 0 Å². The molecule has 1 aliphatic heterocycles. The molecule has 3 heteroatoms. The van der Waals surface area contributed by atoms with E-state index in [9.17, 15) is 0 Å². The van der Waals surface area contributed by atoms with E-state index in [1.165, 1.54) is 0 Å². The number of hydrogen-bond donors (Lipinski definition) is 0. The third-order valence-corrected chi connectivity index (χ3v) is 1.92. The van der Waals surface area contributed by atoms with Crippen molar-refractivity contribution in [2.24, 2.45) is 0 Å². The molecule has 0 spiro atoms. The van der Waals surface area contributed by atoms with Crippen LogP contribution in [0.4, 0.5) is 0 Å². The van der Waals surface area contributed by atoms with Gasteiger partial charge in [-0.3, -0.25) is 0 Å². The van der Waals surface area contributed by atoms with Crippen LogP contribution in [0.2, 0.25) is 0 Å². The average molecular weight is 192 g/mol. The summed E-state index contributed by atoms with van der Waals surface area (Å²) in [5.74, 6) is 1.60. The minimum Gasteiger partial charge on any atom is -0.501 e. The highest BCUT2D eigenvalue weighted by Crippen LogP contribution is 2.32. The molecule has 0 radical (unpaired) electrons. The summed E-state index contributed by atoms with van der Waals surface area (Å²) in [5, 5.41) is 0. The van der Waals surface area contributed by atoms with Crippen LogP contribution in [0.5, 0.6) is 11.5 Å². The molecule has 1 aromatic rings. The van der Waals surface area contributed by atoms with E-state index in [0.717, 1.165) is 17.1 Å². The fourth-order valence-electron chi connectivity index (χ4n) is 1.24. The predicted molar refractivity (Wildman–Crippen MR) is 53.2 cm³/mol. The van der Waals surface area contributed by atoms with Crippen LogP contribution in [-0.4, -0.2) is 13.4 Å². The van der Waals surface area contributed by atoms with Gasteiger partial charge < -0.3 is 14.2 Å². The molecular weight excluding hydrogens is 180 g/mol. The maximum absolute atomic E-state index is 5.25. The van der Waals surface area contributed by atoms with Crippen molar-refractivity contribution in [1.29, 1.82) is 0 Å². The van der Waals surface area contributed by atoms with Gasteiger partial charge in [-0.1, -0.05) is 6.07 Å². The molecule has 3 nitrogen and oxygen atoms in total. The molecular formula is C11H12O3. The van der Waals surface area contributed by atoms with Crippen LogP contribution in [0.25, 0.3) is 6.08 Å². The van der Waals surface area contributed by atoms with Crippen molar-refractivity contribution in [3.63, 3.8) is 0 Å². The highest BCUT2D eigenvalue weighted by atomic mass is 16.7. The molecule has 0 saturated heterocycles. The quantitative estimate of drug-likeness (QED) is 0.688. The second kappa shape index (κ2) is 4.05. The zero-order chi connectivity index (χ0) is 9.80. The number of rotatable bonds is 3. The van der Waals surface area contributed by atoms with Crippen molar-refractivity contribution in [2.75, 3.05) is 13.4 Å². The van der Waals surface area contributed by atoms with E-state index < -0.39 is 0 Å². The van der Waals surface area contributed by atoms with E-state index in [2.05, 4.69) is 0 Å². The summed E-state index contributed by atoms with van der Waals surface area (Å²) >= 11 is 0. The Morgan fingerprint density at radius 2 is 2.21 bits per heavy atom. The fraction of sp³-hybridized carbons (Fsp3) is 0.273. The molecule has 0 N–H and O–H groups in total. The predicted octanol–water partition coefficient (Wildman–Crippen LogP) is 2.42. The second-order valence-corrected chi connectivity index (χ2v) is 2.87. The van der Waals surface area contributed by atoms with Crippen LogP contribution in [-0.2, 0) is 4.74 Å². The summed E-state index contributed by atoms with van der Waals surface area (Å²) in [6.45, 7) is 2.94. The Labute approximate surface area is 82.9 Å². The molecule has 0 unspecified atom stereocenters. The first-order valence-corrected chi connectivity index (χ1v) is 4.58. The van der Waals surface area contributed by atoms with Gasteiger partial charge in [-0.2, -0.15) is 0 Å². The minimum atomic E-state index is 0.313. The van der Waals surface area contributed by atoms with Crippen LogP contribution in [0.1, 0.15) is 12.5 Å². The van der Waals surface area contributed by atoms with Crippen molar-refractivity contribution in [1.82, 2.24) is 0 Å². The van der Waals surface area contributed by atoms with Gasteiger partial charge in [0.15, 0.2) is 11.5 Å². The fourth-order valence-corrected chi connectivity index (χ4v) is 1.24. The summed E-state index contributed by atoms with van der Waals surface area (Å²) in [6, 6.07) is 5.79. The third-order valence-electron chi connectivity index (χ3n) is 1.92. The van der Waals surface area contributed by atoms with Gasteiger partial charge in [-0.05, 0) is 30.7 Å². The van der Waals surface area contributed by atoms with Gasteiger partial charge in [0, 0.05) is 0 Å². The lowest BCUT2D eigenvalue weighted by Gasteiger charge is -1.97. The standard InChI is InChI=1S/C11H12O3/c1-2-12-6-5-9-3-4-10-11(7-9)14-8-13-10/h3-7H,2,8H2,1H3. The first kappa shape index (κ1) is 8.94. The zero-order valence-electron chi connectivity index (χ0n) is 8.03. The van der Waals surface area contributed by atoms with Crippen LogP contribution < -0.4 is 9.47 Å². The maximum Gasteiger partial charge on any atom is 0.231 e. The second-order valence-electron chi connectivity index (χ2n) is 2.87. The zero-order valence-corrected chi connectivity index (χ0v) is 8.03. The molecule has 0 saturated carbocycles. The van der Waals surface area contributed by atoms with Crippen LogP contribution in [0.3, 0.4) is 0 Å². The third kappa shape index (κ3) is 1.82. The highest BCUT2D eigenvalue weighted by Gasteiger charge is 2.11. The molecule has 2 rings (SSSR count). The lowest BCUT2D eigenvalue weighted by molar-refractivity contribution is 0.174. The monoisotopic (exact) mass is 192 g/mol. The first-order chi connectivity index (χ1) is 6.90. The van der Waals surface area contributed by atoms with Crippen molar-refractivity contribution in [3.05, 3.63) is 30.0 Å². The molecule has 1 aliphatic rings. The number of benzene rings is 1. The molecule has 0 amide bonds. The van der Waals surface area contributed by atoms with E-state index in [1.54, 1.807) is 6.26 Å². The molecule has 0 atom stereocenters. The number of hydrogen-bond acceptors (Lipinski definition) is 3. The van der Waals surface area contributed by atoms with Gasteiger partial charge in [0.25, 0.3) is 0 Å². The lowest BCUT2D eigenvalue weighted by Crippen LogP contribution is -1.92. The summed E-state index contributed by atoms with van der Waals surface area (Å²) in [7, 11) is 0. The summed E-state index contributed by atoms with van der Waals surface area (Å²) in [4.78, 5) is 0. The van der Waals surface area contributed by atoms with Gasteiger partial charge >= 0.3 is 0 Å². The van der Waals surface area contributed by atoms with E-state index in [-0.39, 0.29) is 0 Å². The molecule has 0 aliphatic carbocycles. The van der Waals surface area contributed by atoms with E-state index in [0.29, 0.717) is 13.4 Å². The highest BCUT2D eigenvalue weighted by molar-refractivity contribution is 5.55. The Kier molecular flexibility index (Phi) is 2.58. The van der Waals surface area contributed by atoms with Gasteiger partial charge in [0.1, 0.15) is 0 Å². The van der Waals surface area contributed by atoms with Crippen LogP contribution in [0, 0.1) is 0 Å². The average Bonchev–Trinajstić information content (AvgIpc) is 2.65. The van der Waals surface area contributed by atoms with E-state index >= 15 is 0 Å². The van der Waals surface area contributed by atoms with Crippen molar-refractivity contribution in [2.45, 2.75) is 6.92 Å². The van der Waals surface area contributed by atoms with Gasteiger partial charge in [0.05, 0.1) is 12.9 Å². The maximum atomic E-state index is 5.25. The Bertz CT molecular complexity index is 344. The SMILES string of the molecule is CCOC=Cc1ccc2c(c1)OCO2. The lowest BCUT2D eigenvalue weighted by atomic mass is 10.2. The summed E-state index contributed by atoms with van der Waals surface area (Å²) < 4.78 is 15.6. The largest absolute Gasteiger partial charge is 0.501 e. The molecule has 74 valence electrons. The molecule has 0 fully saturated rings. The van der Waals surface area contributed by atoms with E-state index in [4.69, 9.17) is 14.2 Å². The summed E-state index contributed by atoms with van der Waals surface area (Å²) in [5.41, 5.74) is 1.04. The Hall–Kier alpha value is -1.64. The summed E-state index contributed by atoms with van der Waals surface area (Å²) in [6.07, 6.45) is 3.57. The smallest absolute Gasteiger partial charge is 0.231 e. The normalized spacial score (nSPS) is 13.5. The Morgan fingerprint density at radius 1 is 1.36 bits per heavy atom. The van der Waals surface area contributed by atoms with Gasteiger partial charge in [-0.25, -0.2) is 0 Å². The van der Waals surface area contributed by atoms with Crippen molar-refractivity contribution < 1.29 is 14.2 Å². The molecule has 1 aromatic carbocycles.